The quantitative estimate of drug-likeness (QED) is 0.0467. The van der Waals surface area contributed by atoms with Gasteiger partial charge in [0.25, 0.3) is 5.91 Å². The van der Waals surface area contributed by atoms with Crippen LogP contribution in [-0.2, 0) is 32.1 Å². The van der Waals surface area contributed by atoms with E-state index >= 15 is 0 Å². The summed E-state index contributed by atoms with van der Waals surface area (Å²) in [6.45, 7) is 14.3. The van der Waals surface area contributed by atoms with Crippen LogP contribution in [0.2, 0.25) is 0 Å². The van der Waals surface area contributed by atoms with Crippen molar-refractivity contribution in [2.45, 2.75) is 78.1 Å². The minimum atomic E-state index is -0.891. The molecular weight excluding hydrogens is 988 g/mol. The summed E-state index contributed by atoms with van der Waals surface area (Å²) in [6, 6.07) is 24.6. The van der Waals surface area contributed by atoms with Crippen LogP contribution in [0.5, 0.6) is 0 Å². The summed E-state index contributed by atoms with van der Waals surface area (Å²) in [5.74, 6) is -2.27. The lowest BCUT2D eigenvalue weighted by atomic mass is 9.85. The standard InChI is InChI=1S/C56H69FN12O6S/c1-35-50(76-34-61-35)39-9-5-37(6-10-39)30-60-53(74)47-29-44(70)32-69(47)54(75)51(56(2,3)4)65-49(72)33-66-21-19-38(20-22-66)31-67-23-25-68(26-24-67)43-16-13-40(14-17-43)62-48(71)27-36-7-11-41(12-8-36)63-52(73)45-18-15-42(28-46(45)57)64-55(58)59/h5-18,28,34,38,44,47,51,70H,19-27,29-33H2,1-4H3,(H,60,74)(H,62,71)(H,63,73)(H,65,72)(H4,58,59,64)/t44-,47+,51-/m1/s1. The molecule has 0 aliphatic carbocycles. The van der Waals surface area contributed by atoms with Crippen LogP contribution in [0.15, 0.2) is 101 Å². The predicted molar refractivity (Wildman–Crippen MR) is 295 cm³/mol. The lowest BCUT2D eigenvalue weighted by molar-refractivity contribution is -0.144. The van der Waals surface area contributed by atoms with Crippen LogP contribution in [-0.4, -0.2) is 137 Å². The summed E-state index contributed by atoms with van der Waals surface area (Å²) in [4.78, 5) is 84.7. The van der Waals surface area contributed by atoms with Gasteiger partial charge in [0, 0.05) is 75.4 Å². The van der Waals surface area contributed by atoms with Gasteiger partial charge >= 0.3 is 0 Å². The second-order valence-electron chi connectivity index (χ2n) is 21.1. The normalized spacial score (nSPS) is 17.9. The number of piperidine rings is 1. The molecule has 9 N–H and O–H groups in total. The molecule has 4 aromatic carbocycles. The Kier molecular flexibility index (Phi) is 17.8. The number of guanidine groups is 1. The van der Waals surface area contributed by atoms with Crippen molar-refractivity contribution < 1.29 is 33.5 Å². The highest BCUT2D eigenvalue weighted by molar-refractivity contribution is 7.13. The molecular formula is C56H69FN12O6S. The van der Waals surface area contributed by atoms with Crippen LogP contribution >= 0.6 is 11.3 Å². The van der Waals surface area contributed by atoms with E-state index < -0.39 is 35.3 Å². The number of hydrogen-bond donors (Lipinski definition) is 7. The number of halogens is 1. The van der Waals surface area contributed by atoms with Crippen molar-refractivity contribution in [1.82, 2.24) is 30.3 Å². The lowest BCUT2D eigenvalue weighted by Crippen LogP contribution is -2.59. The number of aromatic nitrogens is 1. The van der Waals surface area contributed by atoms with Gasteiger partial charge in [-0.25, -0.2) is 14.4 Å². The molecule has 0 unspecified atom stereocenters. The molecule has 18 nitrogen and oxygen atoms in total. The zero-order chi connectivity index (χ0) is 54.1. The van der Waals surface area contributed by atoms with Crippen molar-refractivity contribution in [2.24, 2.45) is 27.8 Å². The maximum Gasteiger partial charge on any atom is 0.258 e. The number of nitrogens with two attached hydrogens (primary N) is 2. The molecule has 402 valence electrons. The third kappa shape index (κ3) is 14.6. The number of piperazine rings is 1. The zero-order valence-corrected chi connectivity index (χ0v) is 44.4. The van der Waals surface area contributed by atoms with E-state index in [-0.39, 0.29) is 73.3 Å². The molecule has 5 aromatic rings. The topological polar surface area (TPSA) is 244 Å². The molecule has 0 saturated carbocycles. The lowest BCUT2D eigenvalue weighted by Gasteiger charge is -2.40. The number of carbonyl (C=O) groups is 5. The molecule has 3 aliphatic rings. The fourth-order valence-electron chi connectivity index (χ4n) is 10.0. The number of amides is 5. The monoisotopic (exact) mass is 1060 g/mol. The van der Waals surface area contributed by atoms with Crippen molar-refractivity contribution in [3.05, 3.63) is 125 Å². The highest BCUT2D eigenvalue weighted by atomic mass is 32.1. The first-order chi connectivity index (χ1) is 36.3. The fraction of sp³-hybridized carbons (Fsp3) is 0.411. The molecule has 1 aromatic heterocycles. The molecule has 20 heteroatoms. The number of carbonyl (C=O) groups excluding carboxylic acids is 5. The number of aryl methyl sites for hydroxylation is 1. The Bertz CT molecular complexity index is 2870. The van der Waals surface area contributed by atoms with E-state index in [0.29, 0.717) is 17.3 Å². The van der Waals surface area contributed by atoms with Gasteiger partial charge in [0.05, 0.1) is 46.4 Å². The Morgan fingerprint density at radius 1 is 0.829 bits per heavy atom. The van der Waals surface area contributed by atoms with E-state index in [9.17, 15) is 33.5 Å². The van der Waals surface area contributed by atoms with E-state index in [4.69, 9.17) is 11.5 Å². The zero-order valence-electron chi connectivity index (χ0n) is 43.6. The summed E-state index contributed by atoms with van der Waals surface area (Å²) < 4.78 is 14.5. The number of nitrogens with one attached hydrogen (secondary N) is 4. The number of rotatable bonds is 17. The molecule has 76 heavy (non-hydrogen) atoms. The van der Waals surface area contributed by atoms with Gasteiger partial charge in [-0.15, -0.1) is 11.3 Å². The maximum absolute atomic E-state index is 14.5. The van der Waals surface area contributed by atoms with Gasteiger partial charge in [-0.05, 0) is 109 Å². The Morgan fingerprint density at radius 3 is 2.12 bits per heavy atom. The number of aliphatic hydroxyl groups excluding tert-OH is 1. The van der Waals surface area contributed by atoms with E-state index in [1.165, 1.54) is 17.0 Å². The van der Waals surface area contributed by atoms with Crippen molar-refractivity contribution in [1.29, 1.82) is 0 Å². The molecule has 3 aliphatic heterocycles. The van der Waals surface area contributed by atoms with E-state index in [1.807, 2.05) is 81.7 Å². The average molecular weight is 1060 g/mol. The van der Waals surface area contributed by atoms with E-state index in [1.54, 1.807) is 35.6 Å². The van der Waals surface area contributed by atoms with Gasteiger partial charge in [0.15, 0.2) is 5.96 Å². The minimum Gasteiger partial charge on any atom is -0.391 e. The second kappa shape index (κ2) is 24.6. The summed E-state index contributed by atoms with van der Waals surface area (Å²) in [5, 5.41) is 22.3. The van der Waals surface area contributed by atoms with Gasteiger partial charge in [-0.3, -0.25) is 33.8 Å². The van der Waals surface area contributed by atoms with Crippen molar-refractivity contribution in [3.8, 4) is 10.4 Å². The van der Waals surface area contributed by atoms with Gasteiger partial charge < -0.3 is 47.6 Å². The summed E-state index contributed by atoms with van der Waals surface area (Å²) in [6.07, 6.45) is 1.32. The summed E-state index contributed by atoms with van der Waals surface area (Å²) in [5.41, 5.74) is 17.8. The Morgan fingerprint density at radius 2 is 1.49 bits per heavy atom. The number of nitrogens with zero attached hydrogens (tertiary/aromatic N) is 6. The van der Waals surface area contributed by atoms with Crippen LogP contribution in [0.3, 0.4) is 0 Å². The van der Waals surface area contributed by atoms with Crippen LogP contribution < -0.4 is 37.6 Å². The number of likely N-dealkylation sites (tertiary alicyclic amines) is 2. The molecule has 3 saturated heterocycles. The average Bonchev–Trinajstić information content (AvgIpc) is 4.02. The molecule has 0 bridgehead atoms. The number of aliphatic hydroxyl groups is 1. The second-order valence-corrected chi connectivity index (χ2v) is 21.9. The molecule has 5 amide bonds. The SMILES string of the molecule is Cc1ncsc1-c1ccc(CNC(=O)[C@@H]2C[C@@H](O)CN2C(=O)[C@@H](NC(=O)CN2CCC(CN3CCN(c4ccc(NC(=O)Cc5ccc(NC(=O)c6ccc(N=C(N)N)cc6F)cc5)cc4)CC3)CC2)C(C)(C)C)cc1. The number of β-amino-alcohol motifs (C(OH)–C–C–N with tert-alkyl or cyclic N) is 1. The molecule has 3 atom stereocenters. The summed E-state index contributed by atoms with van der Waals surface area (Å²) in [7, 11) is 0. The predicted octanol–water partition coefficient (Wildman–Crippen LogP) is 5.24. The summed E-state index contributed by atoms with van der Waals surface area (Å²) >= 11 is 1.58. The Labute approximate surface area is 447 Å². The highest BCUT2D eigenvalue weighted by Gasteiger charge is 2.44. The Hall–Kier alpha value is -7.26. The third-order valence-electron chi connectivity index (χ3n) is 14.2. The fourth-order valence-corrected chi connectivity index (χ4v) is 10.8. The van der Waals surface area contributed by atoms with Gasteiger partial charge in [0.1, 0.15) is 17.9 Å². The number of aliphatic imine (C=N–C) groups is 1. The number of thiazole rings is 1. The van der Waals surface area contributed by atoms with Crippen molar-refractivity contribution >= 4 is 69.6 Å². The largest absolute Gasteiger partial charge is 0.391 e. The van der Waals surface area contributed by atoms with Crippen LogP contribution in [0, 0.1) is 24.1 Å². The molecule has 4 heterocycles. The first kappa shape index (κ1) is 55.0. The molecule has 3 fully saturated rings. The molecule has 0 radical (unpaired) electrons. The Balaban J connectivity index is 0.726. The first-order valence-corrected chi connectivity index (χ1v) is 26.7. The van der Waals surface area contributed by atoms with Crippen LogP contribution in [0.25, 0.3) is 10.4 Å². The van der Waals surface area contributed by atoms with Gasteiger partial charge in [-0.2, -0.15) is 0 Å². The van der Waals surface area contributed by atoms with Crippen LogP contribution in [0.1, 0.15) is 67.2 Å². The van der Waals surface area contributed by atoms with E-state index in [0.717, 1.165) is 97.7 Å². The van der Waals surface area contributed by atoms with Crippen LogP contribution in [0.4, 0.5) is 27.1 Å². The third-order valence-corrected chi connectivity index (χ3v) is 15.2. The number of benzene rings is 4. The first-order valence-electron chi connectivity index (χ1n) is 25.8. The number of hydrogen-bond acceptors (Lipinski definition) is 12. The van der Waals surface area contributed by atoms with Crippen molar-refractivity contribution in [3.63, 3.8) is 0 Å². The molecule has 8 rings (SSSR count). The van der Waals surface area contributed by atoms with Crippen molar-refractivity contribution in [2.75, 3.05) is 74.4 Å². The number of anilines is 3. The maximum atomic E-state index is 14.5. The van der Waals surface area contributed by atoms with Gasteiger partial charge in [-0.1, -0.05) is 57.2 Å². The van der Waals surface area contributed by atoms with Gasteiger partial charge in [0.2, 0.25) is 23.6 Å². The smallest absolute Gasteiger partial charge is 0.258 e. The highest BCUT2D eigenvalue weighted by Crippen LogP contribution is 2.30. The molecule has 0 spiro atoms. The minimum absolute atomic E-state index is 0.0157. The van der Waals surface area contributed by atoms with E-state index in [2.05, 4.69) is 45.9 Å².